The van der Waals surface area contributed by atoms with Gasteiger partial charge in [-0.15, -0.1) is 5.10 Å². The zero-order chi connectivity index (χ0) is 23.4. The minimum Gasteiger partial charge on any atom is -0.475 e. The minimum absolute atomic E-state index is 0.0372. The first-order chi connectivity index (χ1) is 15.1. The fourth-order valence-corrected chi connectivity index (χ4v) is 4.79. The van der Waals surface area contributed by atoms with E-state index in [0.717, 1.165) is 63.3 Å². The lowest BCUT2D eigenvalue weighted by Crippen LogP contribution is -2.48. The van der Waals surface area contributed by atoms with Crippen LogP contribution in [0.25, 0.3) is 0 Å². The van der Waals surface area contributed by atoms with E-state index in [9.17, 15) is 18.0 Å². The predicted octanol–water partition coefficient (Wildman–Crippen LogP) is 2.94. The van der Waals surface area contributed by atoms with Gasteiger partial charge in [-0.05, 0) is 50.6 Å². The molecule has 2 aromatic heterocycles. The van der Waals surface area contributed by atoms with Gasteiger partial charge in [-0.2, -0.15) is 13.2 Å². The molecule has 0 radical (unpaired) electrons. The van der Waals surface area contributed by atoms with Gasteiger partial charge in [-0.1, -0.05) is 4.49 Å². The Kier molecular flexibility index (Phi) is 7.26. The Hall–Kier alpha value is -2.83. The second kappa shape index (κ2) is 9.76. The first kappa shape index (κ1) is 23.8. The second-order valence-electron chi connectivity index (χ2n) is 7.68. The van der Waals surface area contributed by atoms with Crippen molar-refractivity contribution in [3.05, 3.63) is 29.2 Å². The first-order valence-electron chi connectivity index (χ1n) is 10.1. The Morgan fingerprint density at radius 1 is 1.12 bits per heavy atom. The number of aromatic nitrogens is 4. The summed E-state index contributed by atoms with van der Waals surface area (Å²) in [5, 5.41) is 11.1. The van der Waals surface area contributed by atoms with Crippen LogP contribution in [0.2, 0.25) is 0 Å². The summed E-state index contributed by atoms with van der Waals surface area (Å²) in [6, 6.07) is 0. The van der Waals surface area contributed by atoms with Gasteiger partial charge in [0.1, 0.15) is 10.7 Å². The lowest BCUT2D eigenvalue weighted by atomic mass is 9.87. The fourth-order valence-electron chi connectivity index (χ4n) is 4.19. The number of rotatable bonds is 2. The number of likely N-dealkylation sites (tertiary alicyclic amines) is 1. The number of aliphatic carboxylic acids is 1. The van der Waals surface area contributed by atoms with E-state index >= 15 is 0 Å². The Labute approximate surface area is 186 Å². The van der Waals surface area contributed by atoms with E-state index in [0.29, 0.717) is 4.88 Å². The van der Waals surface area contributed by atoms with Gasteiger partial charge in [0.25, 0.3) is 5.91 Å². The average Bonchev–Trinajstić information content (AvgIpc) is 3.30. The molecule has 32 heavy (non-hydrogen) atoms. The summed E-state index contributed by atoms with van der Waals surface area (Å²) in [6.07, 6.45) is 5.40. The molecule has 0 saturated carbocycles. The molecule has 0 aromatic carbocycles. The quantitative estimate of drug-likeness (QED) is 0.710. The lowest BCUT2D eigenvalue weighted by Gasteiger charge is -2.38. The smallest absolute Gasteiger partial charge is 0.475 e. The van der Waals surface area contributed by atoms with Crippen molar-refractivity contribution in [2.75, 3.05) is 24.5 Å². The van der Waals surface area contributed by atoms with Gasteiger partial charge in [0.2, 0.25) is 0 Å². The second-order valence-corrected chi connectivity index (χ2v) is 8.43. The summed E-state index contributed by atoms with van der Waals surface area (Å²) in [5.74, 6) is -1.72. The van der Waals surface area contributed by atoms with Crippen LogP contribution in [0.15, 0.2) is 18.6 Å². The fraction of sp³-hybridized carbons (Fsp3) is 0.579. The molecule has 2 aromatic rings. The number of anilines is 1. The van der Waals surface area contributed by atoms with Crippen LogP contribution < -0.4 is 4.90 Å². The maximum absolute atomic E-state index is 13.1. The number of carboxylic acid groups (broad SMARTS) is 1. The Morgan fingerprint density at radius 3 is 2.38 bits per heavy atom. The van der Waals surface area contributed by atoms with Crippen LogP contribution in [-0.4, -0.2) is 72.8 Å². The van der Waals surface area contributed by atoms with Crippen molar-refractivity contribution >= 4 is 29.2 Å². The number of nitrogens with zero attached hydrogens (tertiary/aromatic N) is 6. The summed E-state index contributed by atoms with van der Waals surface area (Å²) >= 11 is 1.21. The van der Waals surface area contributed by atoms with Gasteiger partial charge >= 0.3 is 12.1 Å². The molecule has 1 unspecified atom stereocenters. The molecule has 9 nitrogen and oxygen atoms in total. The molecule has 0 aliphatic carbocycles. The van der Waals surface area contributed by atoms with Gasteiger partial charge in [-0.25, -0.2) is 9.78 Å². The van der Waals surface area contributed by atoms with E-state index in [4.69, 9.17) is 9.90 Å². The highest BCUT2D eigenvalue weighted by atomic mass is 32.1. The summed E-state index contributed by atoms with van der Waals surface area (Å²) < 4.78 is 35.7. The van der Waals surface area contributed by atoms with Crippen molar-refractivity contribution in [2.24, 2.45) is 0 Å². The molecule has 1 atom stereocenters. The van der Waals surface area contributed by atoms with E-state index in [1.54, 1.807) is 12.4 Å². The standard InChI is InChI=1S/C17H22N6OS.C2HF3O2/c1-13-15(25-21-20-13)16(24)23-10-3-5-17(23)4-2-9-22(11-6-17)14-12-18-7-8-19-14;3-2(4,5)1(6)7/h7-8,12H,2-6,9-11H2,1H3;(H,6,7). The highest BCUT2D eigenvalue weighted by Crippen LogP contribution is 2.40. The number of carbonyl (C=O) groups is 2. The van der Waals surface area contributed by atoms with Gasteiger partial charge in [0.15, 0.2) is 0 Å². The molecular formula is C19H23F3N6O3S. The zero-order valence-electron chi connectivity index (χ0n) is 17.4. The maximum atomic E-state index is 13.1. The monoisotopic (exact) mass is 472 g/mol. The van der Waals surface area contributed by atoms with Crippen LogP contribution in [0.4, 0.5) is 19.0 Å². The molecule has 0 bridgehead atoms. The van der Waals surface area contributed by atoms with Crippen LogP contribution in [0.5, 0.6) is 0 Å². The van der Waals surface area contributed by atoms with Crippen molar-refractivity contribution < 1.29 is 27.9 Å². The molecule has 2 aliphatic heterocycles. The number of alkyl halides is 3. The van der Waals surface area contributed by atoms with E-state index in [1.165, 1.54) is 11.5 Å². The first-order valence-corrected chi connectivity index (χ1v) is 10.8. The lowest BCUT2D eigenvalue weighted by molar-refractivity contribution is -0.192. The van der Waals surface area contributed by atoms with Gasteiger partial charge in [-0.3, -0.25) is 9.78 Å². The van der Waals surface area contributed by atoms with Gasteiger partial charge < -0.3 is 14.9 Å². The third kappa shape index (κ3) is 5.31. The molecule has 2 aliphatic rings. The summed E-state index contributed by atoms with van der Waals surface area (Å²) in [5.41, 5.74) is 0.705. The number of amides is 1. The van der Waals surface area contributed by atoms with E-state index in [-0.39, 0.29) is 11.4 Å². The molecule has 2 saturated heterocycles. The van der Waals surface area contributed by atoms with Crippen LogP contribution in [0, 0.1) is 6.92 Å². The van der Waals surface area contributed by atoms with Gasteiger partial charge in [0.05, 0.1) is 11.9 Å². The summed E-state index contributed by atoms with van der Waals surface area (Å²) in [4.78, 5) is 35.7. The van der Waals surface area contributed by atoms with E-state index in [1.807, 2.05) is 13.1 Å². The molecule has 13 heteroatoms. The minimum atomic E-state index is -5.08. The van der Waals surface area contributed by atoms with Crippen LogP contribution in [0.1, 0.15) is 47.5 Å². The molecule has 1 N–H and O–H groups in total. The maximum Gasteiger partial charge on any atom is 0.490 e. The van der Waals surface area contributed by atoms with Crippen molar-refractivity contribution in [3.8, 4) is 0 Å². The molecule has 2 fully saturated rings. The number of hydrogen-bond acceptors (Lipinski definition) is 8. The molecule has 1 amide bonds. The Morgan fingerprint density at radius 2 is 1.81 bits per heavy atom. The molecular weight excluding hydrogens is 449 g/mol. The Bertz CT molecular complexity index is 942. The third-order valence-electron chi connectivity index (χ3n) is 5.72. The number of hydrogen-bond donors (Lipinski definition) is 1. The van der Waals surface area contributed by atoms with Gasteiger partial charge in [0, 0.05) is 37.6 Å². The number of carbonyl (C=O) groups excluding carboxylic acids is 1. The molecule has 1 spiro atoms. The topological polar surface area (TPSA) is 112 Å². The van der Waals surface area contributed by atoms with Crippen LogP contribution >= 0.6 is 11.5 Å². The summed E-state index contributed by atoms with van der Waals surface area (Å²) in [6.45, 7) is 4.57. The van der Waals surface area contributed by atoms with Crippen LogP contribution in [-0.2, 0) is 4.79 Å². The molecule has 4 heterocycles. The molecule has 4 rings (SSSR count). The zero-order valence-corrected chi connectivity index (χ0v) is 18.2. The van der Waals surface area contributed by atoms with Crippen LogP contribution in [0.3, 0.4) is 0 Å². The summed E-state index contributed by atoms with van der Waals surface area (Å²) in [7, 11) is 0. The van der Waals surface area contributed by atoms with Crippen molar-refractivity contribution in [1.29, 1.82) is 0 Å². The molecule has 174 valence electrons. The van der Waals surface area contributed by atoms with Crippen molar-refractivity contribution in [1.82, 2.24) is 24.5 Å². The third-order valence-corrected chi connectivity index (χ3v) is 6.54. The van der Waals surface area contributed by atoms with E-state index < -0.39 is 12.1 Å². The number of carboxylic acids is 1. The SMILES string of the molecule is Cc1nnsc1C(=O)N1CCCC12CCCN(c1cnccn1)CC2.O=C(O)C(F)(F)F. The highest BCUT2D eigenvalue weighted by Gasteiger charge is 2.45. The largest absolute Gasteiger partial charge is 0.490 e. The predicted molar refractivity (Wildman–Crippen MR) is 109 cm³/mol. The highest BCUT2D eigenvalue weighted by molar-refractivity contribution is 7.07. The number of aryl methyl sites for hydroxylation is 1. The average molecular weight is 472 g/mol. The normalized spacial score (nSPS) is 21.1. The number of halogens is 3. The van der Waals surface area contributed by atoms with Crippen molar-refractivity contribution in [2.45, 2.75) is 50.7 Å². The van der Waals surface area contributed by atoms with E-state index in [2.05, 4.69) is 29.4 Å². The van der Waals surface area contributed by atoms with Crippen molar-refractivity contribution in [3.63, 3.8) is 0 Å². The Balaban J connectivity index is 0.000000360.